The first-order valence-electron chi connectivity index (χ1n) is 5.50. The molecule has 4 heterocycles. The molecule has 5 aliphatic rings. The third kappa shape index (κ3) is 1.02. The Hall–Kier alpha value is -2.27. The van der Waals surface area contributed by atoms with Crippen LogP contribution in [-0.2, 0) is 24.0 Å². The highest BCUT2D eigenvalue weighted by atomic mass is 17.2. The van der Waals surface area contributed by atoms with E-state index in [1.807, 2.05) is 24.3 Å². The Morgan fingerprint density at radius 1 is 1.17 bits per heavy atom. The molecule has 18 heavy (non-hydrogen) atoms. The lowest BCUT2D eigenvalue weighted by atomic mass is 9.79. The molecule has 0 aromatic heterocycles. The molecule has 0 radical (unpaired) electrons. The van der Waals surface area contributed by atoms with Gasteiger partial charge in [-0.2, -0.15) is 4.89 Å². The molecule has 2 unspecified atom stereocenters. The van der Waals surface area contributed by atoms with Crippen molar-refractivity contribution in [3.8, 4) is 0 Å². The Morgan fingerprint density at radius 2 is 2.11 bits per heavy atom. The van der Waals surface area contributed by atoms with E-state index in [0.29, 0.717) is 6.29 Å². The highest BCUT2D eigenvalue weighted by Gasteiger charge is 2.58. The topological polar surface area (TPSA) is 54.0 Å². The van der Waals surface area contributed by atoms with Crippen molar-refractivity contribution in [2.75, 3.05) is 0 Å². The number of fused-ring (bicyclic) bond motifs is 2. The third-order valence-corrected chi connectivity index (χ3v) is 3.28. The van der Waals surface area contributed by atoms with Gasteiger partial charge < -0.3 is 9.47 Å². The fourth-order valence-corrected chi connectivity index (χ4v) is 2.43. The van der Waals surface area contributed by atoms with E-state index < -0.39 is 11.9 Å². The van der Waals surface area contributed by atoms with Gasteiger partial charge in [0, 0.05) is 17.2 Å². The fraction of sp³-hybridized carbons (Fsp3) is 0.154. The summed E-state index contributed by atoms with van der Waals surface area (Å²) in [7, 11) is 0. The van der Waals surface area contributed by atoms with E-state index in [4.69, 9.17) is 19.2 Å². The van der Waals surface area contributed by atoms with Crippen molar-refractivity contribution in [1.82, 2.24) is 0 Å². The van der Waals surface area contributed by atoms with Gasteiger partial charge in [0.1, 0.15) is 0 Å². The molecule has 1 saturated heterocycles. The normalized spacial score (nSPS) is 34.6. The van der Waals surface area contributed by atoms with Gasteiger partial charge in [-0.15, -0.1) is 0 Å². The molecule has 90 valence electrons. The Balaban J connectivity index is 1.97. The van der Waals surface area contributed by atoms with Gasteiger partial charge in [-0.1, -0.05) is 18.2 Å². The second-order valence-corrected chi connectivity index (χ2v) is 4.22. The molecule has 0 saturated carbocycles. The molecule has 4 aliphatic heterocycles. The van der Waals surface area contributed by atoms with Crippen LogP contribution in [0.1, 0.15) is 0 Å². The number of carbonyl (C=O) groups is 1. The van der Waals surface area contributed by atoms with Crippen LogP contribution in [0.4, 0.5) is 0 Å². The van der Waals surface area contributed by atoms with Crippen molar-refractivity contribution < 1.29 is 24.0 Å². The lowest BCUT2D eigenvalue weighted by Gasteiger charge is -2.44. The molecular weight excluding hydrogens is 236 g/mol. The van der Waals surface area contributed by atoms with E-state index in [1.165, 1.54) is 0 Å². The summed E-state index contributed by atoms with van der Waals surface area (Å²) in [6, 6.07) is 0. The molecule has 0 aromatic carbocycles. The smallest absolute Gasteiger partial charge is 0.320 e. The minimum Gasteiger partial charge on any atom is -0.447 e. The van der Waals surface area contributed by atoms with Crippen LogP contribution in [0.5, 0.6) is 0 Å². The molecular formula is C13H8O5. The van der Waals surface area contributed by atoms with Crippen molar-refractivity contribution in [3.05, 3.63) is 59.3 Å². The zero-order valence-electron chi connectivity index (χ0n) is 9.16. The first-order chi connectivity index (χ1) is 8.83. The van der Waals surface area contributed by atoms with E-state index in [-0.39, 0.29) is 11.7 Å². The molecule has 0 N–H and O–H groups in total. The average Bonchev–Trinajstić information content (AvgIpc) is 2.68. The number of carbonyl (C=O) groups excluding carboxylic acids is 1. The maximum Gasteiger partial charge on any atom is 0.320 e. The lowest BCUT2D eigenvalue weighted by molar-refractivity contribution is -0.424. The molecule has 2 atom stereocenters. The molecule has 5 rings (SSSR count). The molecule has 2 bridgehead atoms. The van der Waals surface area contributed by atoms with Crippen LogP contribution < -0.4 is 0 Å². The summed E-state index contributed by atoms with van der Waals surface area (Å²) < 4.78 is 11.0. The van der Waals surface area contributed by atoms with Crippen LogP contribution in [0.15, 0.2) is 59.3 Å². The third-order valence-electron chi connectivity index (χ3n) is 3.28. The second-order valence-electron chi connectivity index (χ2n) is 4.22. The van der Waals surface area contributed by atoms with E-state index in [1.54, 1.807) is 12.2 Å². The first-order valence-corrected chi connectivity index (χ1v) is 5.50. The molecule has 5 nitrogen and oxygen atoms in total. The Morgan fingerprint density at radius 3 is 3.00 bits per heavy atom. The molecule has 0 aromatic rings. The number of allylic oxidation sites excluding steroid dienone is 5. The molecule has 1 spiro atoms. The van der Waals surface area contributed by atoms with Gasteiger partial charge in [-0.25, -0.2) is 0 Å². The summed E-state index contributed by atoms with van der Waals surface area (Å²) in [5, 5.41) is 0. The predicted octanol–water partition coefficient (Wildman–Crippen LogP) is 1.42. The summed E-state index contributed by atoms with van der Waals surface area (Å²) >= 11 is 0. The number of hydrogen-bond donors (Lipinski definition) is 0. The number of hydrogen-bond acceptors (Lipinski definition) is 5. The minimum absolute atomic E-state index is 0.211. The molecule has 5 heteroatoms. The fourth-order valence-electron chi connectivity index (χ4n) is 2.43. The monoisotopic (exact) mass is 244 g/mol. The largest absolute Gasteiger partial charge is 0.447 e. The van der Waals surface area contributed by atoms with Crippen LogP contribution >= 0.6 is 0 Å². The first kappa shape index (κ1) is 9.73. The van der Waals surface area contributed by atoms with Crippen molar-refractivity contribution in [3.63, 3.8) is 0 Å². The molecule has 0 amide bonds. The number of rotatable bonds is 1. The zero-order valence-corrected chi connectivity index (χ0v) is 9.16. The number of ether oxygens (including phenoxy) is 2. The predicted molar refractivity (Wildman–Crippen MR) is 58.4 cm³/mol. The summed E-state index contributed by atoms with van der Waals surface area (Å²) in [6.45, 7) is 0. The minimum atomic E-state index is -0.961. The van der Waals surface area contributed by atoms with Gasteiger partial charge >= 0.3 is 5.95 Å². The van der Waals surface area contributed by atoms with Gasteiger partial charge in [-0.05, 0) is 12.2 Å². The Labute approximate surface area is 102 Å². The van der Waals surface area contributed by atoms with E-state index in [0.717, 1.165) is 11.1 Å². The van der Waals surface area contributed by atoms with Crippen LogP contribution in [-0.4, -0.2) is 18.2 Å². The highest BCUT2D eigenvalue weighted by Crippen LogP contribution is 2.48. The highest BCUT2D eigenvalue weighted by molar-refractivity contribution is 5.73. The maximum atomic E-state index is 10.9. The van der Waals surface area contributed by atoms with Crippen LogP contribution in [0, 0.1) is 0 Å². The standard InChI is InChI=1S/C13H8O5/c14-7-10-6-9-3-1-2-8-4-5-11-16-12(15-10)13(8,9)18-17-11/h1-7,12H. The van der Waals surface area contributed by atoms with Crippen molar-refractivity contribution >= 4 is 6.29 Å². The average molecular weight is 244 g/mol. The van der Waals surface area contributed by atoms with Gasteiger partial charge in [0.05, 0.1) is 0 Å². The van der Waals surface area contributed by atoms with Crippen molar-refractivity contribution in [2.24, 2.45) is 0 Å². The quantitative estimate of drug-likeness (QED) is 0.515. The summed E-state index contributed by atoms with van der Waals surface area (Å²) in [4.78, 5) is 21.5. The van der Waals surface area contributed by atoms with Crippen LogP contribution in [0.25, 0.3) is 0 Å². The van der Waals surface area contributed by atoms with E-state index >= 15 is 0 Å². The van der Waals surface area contributed by atoms with E-state index in [2.05, 4.69) is 0 Å². The zero-order chi connectivity index (χ0) is 12.2. The van der Waals surface area contributed by atoms with Crippen LogP contribution in [0.2, 0.25) is 0 Å². The van der Waals surface area contributed by atoms with Crippen molar-refractivity contribution in [2.45, 2.75) is 11.9 Å². The van der Waals surface area contributed by atoms with Gasteiger partial charge in [0.15, 0.2) is 12.0 Å². The van der Waals surface area contributed by atoms with Crippen LogP contribution in [0.3, 0.4) is 0 Å². The Kier molecular flexibility index (Phi) is 1.70. The van der Waals surface area contributed by atoms with Gasteiger partial charge in [-0.3, -0.25) is 9.68 Å². The summed E-state index contributed by atoms with van der Waals surface area (Å²) in [6.07, 6.45) is 10.7. The number of aldehydes is 1. The lowest BCUT2D eigenvalue weighted by Crippen LogP contribution is -2.54. The summed E-state index contributed by atoms with van der Waals surface area (Å²) in [5.74, 6) is 0.427. The summed E-state index contributed by atoms with van der Waals surface area (Å²) in [5.41, 5.74) is 0.667. The molecule has 1 fully saturated rings. The van der Waals surface area contributed by atoms with E-state index in [9.17, 15) is 4.79 Å². The maximum absolute atomic E-state index is 10.9. The Bertz CT molecular complexity index is 593. The van der Waals surface area contributed by atoms with Gasteiger partial charge in [0.25, 0.3) is 6.29 Å². The van der Waals surface area contributed by atoms with Crippen molar-refractivity contribution in [1.29, 1.82) is 0 Å². The SMILES string of the molecule is O=CC1=CC2=CC=CC3=CC=C4OOC32C(O1)O4. The molecule has 1 aliphatic carbocycles. The van der Waals surface area contributed by atoms with Gasteiger partial charge in [0.2, 0.25) is 5.60 Å². The second kappa shape index (κ2) is 3.14.